The van der Waals surface area contributed by atoms with Gasteiger partial charge in [0.25, 0.3) is 0 Å². The molecule has 0 saturated heterocycles. The molecule has 0 aromatic carbocycles. The lowest BCUT2D eigenvalue weighted by atomic mass is 9.49. The van der Waals surface area contributed by atoms with Gasteiger partial charge in [-0.15, -0.1) is 11.6 Å². The minimum absolute atomic E-state index is 0.123. The minimum Gasteiger partial charge on any atom is -0.355 e. The molecule has 0 aromatic heterocycles. The maximum absolute atomic E-state index is 12.2. The lowest BCUT2D eigenvalue weighted by molar-refractivity contribution is -0.130. The van der Waals surface area contributed by atoms with Crippen molar-refractivity contribution in [3.8, 4) is 0 Å². The summed E-state index contributed by atoms with van der Waals surface area (Å²) in [6, 6.07) is 0. The SMILES string of the molecule is CC(C)(CCl)C(=O)NCC12CC3CC(CC(C3)C1)C2. The fourth-order valence-corrected chi connectivity index (χ4v) is 5.20. The number of alkyl halides is 1. The molecule has 4 rings (SSSR count). The number of amides is 1. The molecular weight excluding hydrogens is 258 g/mol. The van der Waals surface area contributed by atoms with Gasteiger partial charge >= 0.3 is 0 Å². The minimum atomic E-state index is -0.441. The van der Waals surface area contributed by atoms with Crippen LogP contribution in [0.25, 0.3) is 0 Å². The third kappa shape index (κ3) is 2.53. The van der Waals surface area contributed by atoms with Gasteiger partial charge in [-0.05, 0) is 75.5 Å². The Kier molecular flexibility index (Phi) is 3.36. The molecule has 4 saturated carbocycles. The third-order valence-electron chi connectivity index (χ3n) is 5.74. The average Bonchev–Trinajstić information content (AvgIpc) is 2.34. The highest BCUT2D eigenvalue weighted by Gasteiger charge is 2.50. The molecular formula is C16H26ClNO. The van der Waals surface area contributed by atoms with Crippen LogP contribution >= 0.6 is 11.6 Å². The Balaban J connectivity index is 1.62. The first-order chi connectivity index (χ1) is 8.92. The molecule has 0 atom stereocenters. The molecule has 4 aliphatic carbocycles. The smallest absolute Gasteiger partial charge is 0.226 e. The zero-order chi connectivity index (χ0) is 13.7. The highest BCUT2D eigenvalue weighted by Crippen LogP contribution is 2.59. The fraction of sp³-hybridized carbons (Fsp3) is 0.938. The molecule has 108 valence electrons. The van der Waals surface area contributed by atoms with Gasteiger partial charge in [-0.2, -0.15) is 0 Å². The van der Waals surface area contributed by atoms with Gasteiger partial charge in [-0.25, -0.2) is 0 Å². The van der Waals surface area contributed by atoms with Crippen LogP contribution in [0.1, 0.15) is 52.4 Å². The maximum atomic E-state index is 12.2. The number of carbonyl (C=O) groups is 1. The Morgan fingerprint density at radius 2 is 1.63 bits per heavy atom. The van der Waals surface area contributed by atoms with Crippen molar-refractivity contribution in [3.05, 3.63) is 0 Å². The molecule has 0 unspecified atom stereocenters. The summed E-state index contributed by atoms with van der Waals surface area (Å²) in [5.41, 5.74) is -0.0172. The van der Waals surface area contributed by atoms with E-state index < -0.39 is 5.41 Å². The maximum Gasteiger partial charge on any atom is 0.226 e. The highest BCUT2D eigenvalue weighted by molar-refractivity contribution is 6.19. The number of nitrogens with one attached hydrogen (secondary N) is 1. The highest BCUT2D eigenvalue weighted by atomic mass is 35.5. The van der Waals surface area contributed by atoms with Crippen LogP contribution in [0.4, 0.5) is 0 Å². The van der Waals surface area contributed by atoms with Gasteiger partial charge in [0.1, 0.15) is 0 Å². The summed E-state index contributed by atoms with van der Waals surface area (Å²) in [6.45, 7) is 4.74. The summed E-state index contributed by atoms with van der Waals surface area (Å²) in [6.07, 6.45) is 8.42. The van der Waals surface area contributed by atoms with Gasteiger partial charge in [0.05, 0.1) is 5.41 Å². The number of rotatable bonds is 4. The molecule has 0 aliphatic heterocycles. The van der Waals surface area contributed by atoms with Crippen molar-refractivity contribution in [2.75, 3.05) is 12.4 Å². The molecule has 0 radical (unpaired) electrons. The van der Waals surface area contributed by atoms with Gasteiger partial charge in [0.2, 0.25) is 5.91 Å². The lowest BCUT2D eigenvalue weighted by Gasteiger charge is -2.57. The second-order valence-electron chi connectivity index (χ2n) is 8.12. The number of carbonyl (C=O) groups excluding carboxylic acids is 1. The molecule has 3 heteroatoms. The summed E-state index contributed by atoms with van der Waals surface area (Å²) in [7, 11) is 0. The van der Waals surface area contributed by atoms with Crippen molar-refractivity contribution in [1.29, 1.82) is 0 Å². The monoisotopic (exact) mass is 283 g/mol. The largest absolute Gasteiger partial charge is 0.355 e. The second kappa shape index (κ2) is 4.65. The first-order valence-corrected chi connectivity index (χ1v) is 8.30. The van der Waals surface area contributed by atoms with E-state index in [4.69, 9.17) is 11.6 Å². The van der Waals surface area contributed by atoms with E-state index in [2.05, 4.69) is 5.32 Å². The van der Waals surface area contributed by atoms with E-state index in [1.807, 2.05) is 13.8 Å². The Morgan fingerprint density at radius 1 is 1.16 bits per heavy atom. The fourth-order valence-electron chi connectivity index (χ4n) is 5.07. The summed E-state index contributed by atoms with van der Waals surface area (Å²) in [4.78, 5) is 12.2. The quantitative estimate of drug-likeness (QED) is 0.785. The van der Waals surface area contributed by atoms with E-state index in [0.717, 1.165) is 24.3 Å². The van der Waals surface area contributed by atoms with Gasteiger partial charge in [-0.1, -0.05) is 0 Å². The van der Waals surface area contributed by atoms with Crippen molar-refractivity contribution in [2.24, 2.45) is 28.6 Å². The van der Waals surface area contributed by atoms with Crippen LogP contribution in [0.3, 0.4) is 0 Å². The molecule has 4 aliphatic rings. The van der Waals surface area contributed by atoms with Crippen LogP contribution < -0.4 is 5.32 Å². The summed E-state index contributed by atoms with van der Waals surface area (Å²) >= 11 is 5.88. The van der Waals surface area contributed by atoms with Crippen LogP contribution in [0.2, 0.25) is 0 Å². The average molecular weight is 284 g/mol. The molecule has 0 aromatic rings. The molecule has 2 nitrogen and oxygen atoms in total. The van der Waals surface area contributed by atoms with Crippen LogP contribution in [-0.2, 0) is 4.79 Å². The standard InChI is InChI=1S/C16H26ClNO/c1-15(2,9-17)14(19)18-10-16-6-11-3-12(7-16)5-13(4-11)8-16/h11-13H,3-10H2,1-2H3,(H,18,19). The third-order valence-corrected chi connectivity index (χ3v) is 6.41. The predicted octanol–water partition coefficient (Wildman–Crippen LogP) is 3.58. The second-order valence-corrected chi connectivity index (χ2v) is 8.39. The predicted molar refractivity (Wildman–Crippen MR) is 78.1 cm³/mol. The molecule has 4 bridgehead atoms. The molecule has 19 heavy (non-hydrogen) atoms. The van der Waals surface area contributed by atoms with Crippen LogP contribution in [0, 0.1) is 28.6 Å². The van der Waals surface area contributed by atoms with Crippen molar-refractivity contribution in [3.63, 3.8) is 0 Å². The van der Waals surface area contributed by atoms with Crippen molar-refractivity contribution < 1.29 is 4.79 Å². The van der Waals surface area contributed by atoms with Gasteiger partial charge in [-0.3, -0.25) is 4.79 Å². The van der Waals surface area contributed by atoms with Crippen molar-refractivity contribution in [2.45, 2.75) is 52.4 Å². The summed E-state index contributed by atoms with van der Waals surface area (Å²) < 4.78 is 0. The Bertz CT molecular complexity index is 342. The van der Waals surface area contributed by atoms with E-state index in [0.29, 0.717) is 11.3 Å². The Morgan fingerprint density at radius 3 is 2.05 bits per heavy atom. The van der Waals surface area contributed by atoms with E-state index in [1.54, 1.807) is 0 Å². The number of halogens is 1. The van der Waals surface area contributed by atoms with Gasteiger partial charge < -0.3 is 5.32 Å². The lowest BCUT2D eigenvalue weighted by Crippen LogP contribution is -2.52. The number of hydrogen-bond acceptors (Lipinski definition) is 1. The van der Waals surface area contributed by atoms with Crippen molar-refractivity contribution >= 4 is 17.5 Å². The molecule has 0 spiro atoms. The van der Waals surface area contributed by atoms with Crippen molar-refractivity contribution in [1.82, 2.24) is 5.32 Å². The first kappa shape index (κ1) is 13.7. The number of hydrogen-bond donors (Lipinski definition) is 1. The first-order valence-electron chi connectivity index (χ1n) is 7.77. The van der Waals surface area contributed by atoms with Gasteiger partial charge in [0, 0.05) is 12.4 Å². The van der Waals surface area contributed by atoms with Crippen LogP contribution in [0.15, 0.2) is 0 Å². The van der Waals surface area contributed by atoms with E-state index in [-0.39, 0.29) is 5.91 Å². The Labute approximate surface area is 121 Å². The summed E-state index contributed by atoms with van der Waals surface area (Å²) in [5.74, 6) is 3.36. The van der Waals surface area contributed by atoms with E-state index >= 15 is 0 Å². The zero-order valence-electron chi connectivity index (χ0n) is 12.2. The van der Waals surface area contributed by atoms with E-state index in [1.165, 1.54) is 38.5 Å². The molecule has 4 fully saturated rings. The normalized spacial score (nSPS) is 40.5. The van der Waals surface area contributed by atoms with E-state index in [9.17, 15) is 4.79 Å². The molecule has 1 amide bonds. The topological polar surface area (TPSA) is 29.1 Å². The molecule has 1 N–H and O–H groups in total. The molecule has 0 heterocycles. The summed E-state index contributed by atoms with van der Waals surface area (Å²) in [5, 5.41) is 3.21. The van der Waals surface area contributed by atoms with Crippen LogP contribution in [0.5, 0.6) is 0 Å². The van der Waals surface area contributed by atoms with Gasteiger partial charge in [0.15, 0.2) is 0 Å². The zero-order valence-corrected chi connectivity index (χ0v) is 12.9. The Hall–Kier alpha value is -0.240. The van der Waals surface area contributed by atoms with Crippen LogP contribution in [-0.4, -0.2) is 18.3 Å².